The predicted molar refractivity (Wildman–Crippen MR) is 29.7 cm³/mol. The van der Waals surface area contributed by atoms with Crippen molar-refractivity contribution in [2.45, 2.75) is 0 Å². The van der Waals surface area contributed by atoms with Gasteiger partial charge in [0.2, 0.25) is 5.69 Å². The van der Waals surface area contributed by atoms with Crippen LogP contribution in [0.3, 0.4) is 0 Å². The van der Waals surface area contributed by atoms with Crippen LogP contribution in [0.4, 0.5) is 0 Å². The molecular weight excluding hydrogens is 157 g/mol. The Morgan fingerprint density at radius 2 is 2.09 bits per heavy atom. The first-order chi connectivity index (χ1) is 4.72. The van der Waals surface area contributed by atoms with Gasteiger partial charge in [-0.05, 0) is 6.07 Å². The molecule has 0 fully saturated rings. The van der Waals surface area contributed by atoms with Gasteiger partial charge < -0.3 is 15.1 Å². The molecule has 0 aliphatic rings. The molecule has 1 aromatic rings. The molecule has 0 spiro atoms. The van der Waals surface area contributed by atoms with Gasteiger partial charge in [0.05, 0.1) is 0 Å². The third-order valence-electron chi connectivity index (χ3n) is 1.03. The molecule has 1 aromatic heterocycles. The fourth-order valence-corrected chi connectivity index (χ4v) is 0.586. The minimum Gasteiger partial charge on any atom is -0.618 e. The molecule has 0 amide bonds. The first-order valence-electron chi connectivity index (χ1n) is 2.61. The smallest absolute Gasteiger partial charge is 0.618 e. The van der Waals surface area contributed by atoms with Crippen molar-refractivity contribution in [3.05, 3.63) is 35.3 Å². The zero-order valence-electron chi connectivity index (χ0n) is 5.98. The van der Waals surface area contributed by atoms with E-state index in [1.165, 1.54) is 18.2 Å². The van der Waals surface area contributed by atoms with E-state index >= 15 is 0 Å². The van der Waals surface area contributed by atoms with Crippen molar-refractivity contribution < 1.29 is 44.2 Å². The molecular formula is C6H4NNaO3. The van der Waals surface area contributed by atoms with Crippen LogP contribution in [-0.2, 0) is 0 Å². The van der Waals surface area contributed by atoms with Crippen LogP contribution in [0.15, 0.2) is 24.4 Å². The molecule has 1 heterocycles. The summed E-state index contributed by atoms with van der Waals surface area (Å²) in [4.78, 5) is 10.1. The quantitative estimate of drug-likeness (QED) is 0.238. The van der Waals surface area contributed by atoms with Crippen LogP contribution in [0.5, 0.6) is 0 Å². The van der Waals surface area contributed by atoms with E-state index in [9.17, 15) is 15.1 Å². The maximum Gasteiger partial charge on any atom is 1.00 e. The summed E-state index contributed by atoms with van der Waals surface area (Å²) in [6.07, 6.45) is 1.10. The molecule has 0 aromatic carbocycles. The van der Waals surface area contributed by atoms with E-state index < -0.39 is 5.97 Å². The van der Waals surface area contributed by atoms with Crippen molar-refractivity contribution in [1.82, 2.24) is 0 Å². The van der Waals surface area contributed by atoms with Crippen molar-refractivity contribution in [1.29, 1.82) is 0 Å². The Morgan fingerprint density at radius 1 is 1.45 bits per heavy atom. The van der Waals surface area contributed by atoms with Gasteiger partial charge in [-0.25, -0.2) is 0 Å². The Hall–Kier alpha value is -0.580. The summed E-state index contributed by atoms with van der Waals surface area (Å²) >= 11 is 0. The summed E-state index contributed by atoms with van der Waals surface area (Å²) in [5, 5.41) is 20.6. The number of pyridine rings is 1. The molecule has 0 saturated heterocycles. The van der Waals surface area contributed by atoms with Crippen molar-refractivity contribution in [2.24, 2.45) is 0 Å². The molecule has 5 heteroatoms. The molecule has 0 aliphatic carbocycles. The summed E-state index contributed by atoms with van der Waals surface area (Å²) in [5.74, 6) is -1.46. The number of rotatable bonds is 1. The van der Waals surface area contributed by atoms with Crippen LogP contribution in [0.2, 0.25) is 0 Å². The SMILES string of the molecule is O=C([O-])c1cccc[n+]1[O-].[Na+]. The van der Waals surface area contributed by atoms with Gasteiger partial charge in [0.1, 0.15) is 5.97 Å². The number of aromatic carboxylic acids is 1. The number of carbonyl (C=O) groups excluding carboxylic acids is 1. The second kappa shape index (κ2) is 4.33. The van der Waals surface area contributed by atoms with E-state index in [2.05, 4.69) is 0 Å². The number of hydrogen-bond donors (Lipinski definition) is 0. The average Bonchev–Trinajstić information content (AvgIpc) is 1.88. The first-order valence-corrected chi connectivity index (χ1v) is 2.61. The summed E-state index contributed by atoms with van der Waals surface area (Å²) in [6, 6.07) is 4.08. The van der Waals surface area contributed by atoms with Crippen LogP contribution in [0.25, 0.3) is 0 Å². The molecule has 0 atom stereocenters. The molecule has 0 saturated carbocycles. The zero-order chi connectivity index (χ0) is 7.56. The Morgan fingerprint density at radius 3 is 2.45 bits per heavy atom. The van der Waals surface area contributed by atoms with Gasteiger partial charge in [-0.2, -0.15) is 4.73 Å². The number of carboxylic acids is 1. The summed E-state index contributed by atoms with van der Waals surface area (Å²) in [5.41, 5.74) is -0.373. The van der Waals surface area contributed by atoms with E-state index in [0.717, 1.165) is 6.20 Å². The zero-order valence-corrected chi connectivity index (χ0v) is 7.98. The summed E-state index contributed by atoms with van der Waals surface area (Å²) in [6.45, 7) is 0. The Kier molecular flexibility index (Phi) is 4.10. The van der Waals surface area contributed by atoms with Gasteiger partial charge in [-0.1, -0.05) is 0 Å². The second-order valence-corrected chi connectivity index (χ2v) is 1.70. The van der Waals surface area contributed by atoms with Gasteiger partial charge >= 0.3 is 29.6 Å². The van der Waals surface area contributed by atoms with E-state index in [-0.39, 0.29) is 40.0 Å². The standard InChI is InChI=1S/C6H5NO3.Na/c8-6(9)5-3-1-2-4-7(5)10;/h1-4H,(H,8,9);/q;+1/p-1. The summed E-state index contributed by atoms with van der Waals surface area (Å²) in [7, 11) is 0. The second-order valence-electron chi connectivity index (χ2n) is 1.70. The van der Waals surface area contributed by atoms with E-state index in [4.69, 9.17) is 0 Å². The third-order valence-corrected chi connectivity index (χ3v) is 1.03. The van der Waals surface area contributed by atoms with Crippen LogP contribution in [-0.4, -0.2) is 5.97 Å². The third kappa shape index (κ3) is 2.49. The molecule has 52 valence electrons. The van der Waals surface area contributed by atoms with Crippen LogP contribution in [0.1, 0.15) is 10.5 Å². The Bertz CT molecular complexity index is 264. The van der Waals surface area contributed by atoms with Gasteiger partial charge in [-0.3, -0.25) is 0 Å². The Balaban J connectivity index is 0.000001000. The van der Waals surface area contributed by atoms with Crippen LogP contribution < -0.4 is 39.4 Å². The number of carboxylic acid groups (broad SMARTS) is 1. The molecule has 0 bridgehead atoms. The van der Waals surface area contributed by atoms with Gasteiger partial charge in [0, 0.05) is 12.1 Å². The molecule has 4 nitrogen and oxygen atoms in total. The molecule has 11 heavy (non-hydrogen) atoms. The largest absolute Gasteiger partial charge is 1.00 e. The van der Waals surface area contributed by atoms with Crippen LogP contribution in [0, 0.1) is 5.21 Å². The number of carbonyl (C=O) groups is 1. The van der Waals surface area contributed by atoms with Crippen molar-refractivity contribution in [3.8, 4) is 0 Å². The predicted octanol–water partition coefficient (Wildman–Crippen LogP) is -4.31. The Labute approximate surface area is 85.3 Å². The normalized spacial score (nSPS) is 8.36. The molecule has 1 rings (SSSR count). The number of hydrogen-bond acceptors (Lipinski definition) is 3. The van der Waals surface area contributed by atoms with Gasteiger partial charge in [-0.15, -0.1) is 0 Å². The van der Waals surface area contributed by atoms with Crippen molar-refractivity contribution >= 4 is 5.97 Å². The first kappa shape index (κ1) is 10.4. The topological polar surface area (TPSA) is 67.1 Å². The fraction of sp³-hybridized carbons (Fsp3) is 0. The minimum absolute atomic E-state index is 0. The summed E-state index contributed by atoms with van der Waals surface area (Å²) < 4.78 is 0.245. The molecule has 0 N–H and O–H groups in total. The van der Waals surface area contributed by atoms with Crippen molar-refractivity contribution in [2.75, 3.05) is 0 Å². The van der Waals surface area contributed by atoms with Crippen LogP contribution >= 0.6 is 0 Å². The monoisotopic (exact) mass is 161 g/mol. The minimum atomic E-state index is -1.46. The maximum absolute atomic E-state index is 10.6. The van der Waals surface area contributed by atoms with Crippen molar-refractivity contribution in [3.63, 3.8) is 0 Å². The maximum atomic E-state index is 10.6. The molecule has 0 unspecified atom stereocenters. The molecule has 0 radical (unpaired) electrons. The van der Waals surface area contributed by atoms with E-state index in [1.807, 2.05) is 0 Å². The average molecular weight is 161 g/mol. The van der Waals surface area contributed by atoms with Gasteiger partial charge in [0.25, 0.3) is 0 Å². The fourth-order valence-electron chi connectivity index (χ4n) is 0.586. The number of aromatic nitrogens is 1. The van der Waals surface area contributed by atoms with Gasteiger partial charge in [0.15, 0.2) is 6.20 Å². The molecule has 0 aliphatic heterocycles. The number of nitrogens with zero attached hydrogens (tertiary/aromatic N) is 1. The van der Waals surface area contributed by atoms with E-state index in [0.29, 0.717) is 0 Å². The van der Waals surface area contributed by atoms with E-state index in [1.54, 1.807) is 0 Å².